The maximum atomic E-state index is 10.5. The van der Waals surface area contributed by atoms with Crippen molar-refractivity contribution in [2.45, 2.75) is 6.92 Å². The Morgan fingerprint density at radius 1 is 1.77 bits per heavy atom. The summed E-state index contributed by atoms with van der Waals surface area (Å²) in [4.78, 5) is 13.7. The summed E-state index contributed by atoms with van der Waals surface area (Å²) in [6, 6.07) is 1.51. The average molecular weight is 202 g/mol. The van der Waals surface area contributed by atoms with Gasteiger partial charge in [-0.1, -0.05) is 0 Å². The van der Waals surface area contributed by atoms with Crippen LogP contribution in [0.1, 0.15) is 6.92 Å². The zero-order chi connectivity index (χ0) is 9.84. The van der Waals surface area contributed by atoms with Gasteiger partial charge in [0.15, 0.2) is 0 Å². The van der Waals surface area contributed by atoms with E-state index in [4.69, 9.17) is 11.8 Å². The SMILES string of the molecule is CCN(Cl)c1ccncc1[N+](=O)[O-]. The van der Waals surface area contributed by atoms with Crippen LogP contribution in [0.5, 0.6) is 0 Å². The van der Waals surface area contributed by atoms with Gasteiger partial charge in [0.05, 0.1) is 4.92 Å². The van der Waals surface area contributed by atoms with Gasteiger partial charge in [-0.05, 0) is 13.0 Å². The predicted molar refractivity (Wildman–Crippen MR) is 49.8 cm³/mol. The first-order valence-electron chi connectivity index (χ1n) is 3.68. The molecule has 0 aromatic carbocycles. The fourth-order valence-corrected chi connectivity index (χ4v) is 1.04. The van der Waals surface area contributed by atoms with Crippen LogP contribution >= 0.6 is 11.8 Å². The largest absolute Gasteiger partial charge is 0.311 e. The monoisotopic (exact) mass is 201 g/mol. The molecule has 0 amide bonds. The van der Waals surface area contributed by atoms with Gasteiger partial charge in [-0.2, -0.15) is 0 Å². The van der Waals surface area contributed by atoms with E-state index in [-0.39, 0.29) is 5.69 Å². The number of anilines is 1. The van der Waals surface area contributed by atoms with E-state index in [0.29, 0.717) is 12.2 Å². The molecule has 0 aliphatic heterocycles. The fraction of sp³-hybridized carbons (Fsp3) is 0.286. The number of rotatable bonds is 3. The van der Waals surface area contributed by atoms with Crippen LogP contribution in [0, 0.1) is 10.1 Å². The minimum Gasteiger partial charge on any atom is -0.279 e. The Kier molecular flexibility index (Phi) is 3.02. The molecule has 1 rings (SSSR count). The van der Waals surface area contributed by atoms with Crippen molar-refractivity contribution in [2.24, 2.45) is 0 Å². The third-order valence-corrected chi connectivity index (χ3v) is 1.93. The highest BCUT2D eigenvalue weighted by atomic mass is 35.5. The molecule has 6 heteroatoms. The van der Waals surface area contributed by atoms with Crippen LogP contribution in [0.3, 0.4) is 0 Å². The molecule has 0 saturated carbocycles. The van der Waals surface area contributed by atoms with Gasteiger partial charge in [-0.3, -0.25) is 19.5 Å². The molecule has 70 valence electrons. The third-order valence-electron chi connectivity index (χ3n) is 1.51. The van der Waals surface area contributed by atoms with Crippen LogP contribution in [0.15, 0.2) is 18.5 Å². The fourth-order valence-electron chi connectivity index (χ4n) is 0.895. The lowest BCUT2D eigenvalue weighted by molar-refractivity contribution is -0.384. The second-order valence-electron chi connectivity index (χ2n) is 2.30. The van der Waals surface area contributed by atoms with Crippen LogP contribution < -0.4 is 4.42 Å². The van der Waals surface area contributed by atoms with Gasteiger partial charge in [0.1, 0.15) is 11.9 Å². The molecular weight excluding hydrogens is 194 g/mol. The molecule has 1 aromatic heterocycles. The van der Waals surface area contributed by atoms with E-state index in [9.17, 15) is 10.1 Å². The normalized spacial score (nSPS) is 9.69. The van der Waals surface area contributed by atoms with E-state index in [1.54, 1.807) is 6.92 Å². The van der Waals surface area contributed by atoms with Gasteiger partial charge in [0.2, 0.25) is 0 Å². The van der Waals surface area contributed by atoms with Crippen LogP contribution in [0.2, 0.25) is 0 Å². The summed E-state index contributed by atoms with van der Waals surface area (Å²) in [7, 11) is 0. The molecule has 0 aliphatic carbocycles. The maximum absolute atomic E-state index is 10.5. The van der Waals surface area contributed by atoms with Gasteiger partial charge in [0.25, 0.3) is 0 Å². The first-order chi connectivity index (χ1) is 6.16. The second-order valence-corrected chi connectivity index (χ2v) is 2.71. The van der Waals surface area contributed by atoms with E-state index in [0.717, 1.165) is 0 Å². The van der Waals surface area contributed by atoms with Crippen LogP contribution in [0.25, 0.3) is 0 Å². The molecule has 0 aliphatic rings. The van der Waals surface area contributed by atoms with Crippen LogP contribution in [0.4, 0.5) is 11.4 Å². The number of nitrogens with zero attached hydrogens (tertiary/aromatic N) is 3. The molecule has 1 aromatic rings. The molecule has 0 atom stereocenters. The lowest BCUT2D eigenvalue weighted by atomic mass is 10.3. The zero-order valence-corrected chi connectivity index (χ0v) is 7.73. The Balaban J connectivity index is 3.11. The molecule has 0 bridgehead atoms. The standard InChI is InChI=1S/C7H8ClN3O2/c1-2-10(8)6-3-4-9-5-7(6)11(12)13/h3-5H,2H2,1H3. The Bertz CT molecular complexity index is 318. The summed E-state index contributed by atoms with van der Waals surface area (Å²) in [5, 5.41) is 10.5. The van der Waals surface area contributed by atoms with Gasteiger partial charge in [0, 0.05) is 24.5 Å². The summed E-state index contributed by atoms with van der Waals surface area (Å²) in [5.74, 6) is 0. The Hall–Kier alpha value is -1.36. The van der Waals surface area contributed by atoms with Gasteiger partial charge >= 0.3 is 5.69 Å². The minimum atomic E-state index is -0.507. The third kappa shape index (κ3) is 2.06. The first-order valence-corrected chi connectivity index (χ1v) is 4.02. The Morgan fingerprint density at radius 3 is 3.00 bits per heavy atom. The highest BCUT2D eigenvalue weighted by molar-refractivity contribution is 6.26. The molecule has 1 heterocycles. The summed E-state index contributed by atoms with van der Waals surface area (Å²) < 4.78 is 1.28. The summed E-state index contributed by atoms with van der Waals surface area (Å²) in [6.45, 7) is 2.30. The molecule has 0 unspecified atom stereocenters. The molecule has 0 radical (unpaired) electrons. The van der Waals surface area contributed by atoms with Crippen LogP contribution in [-0.4, -0.2) is 16.5 Å². The topological polar surface area (TPSA) is 59.3 Å². The quantitative estimate of drug-likeness (QED) is 0.426. The molecular formula is C7H8ClN3O2. The number of nitro groups is 1. The molecule has 0 fully saturated rings. The van der Waals surface area contributed by atoms with E-state index >= 15 is 0 Å². The smallest absolute Gasteiger partial charge is 0.279 e. The first kappa shape index (κ1) is 9.73. The van der Waals surface area contributed by atoms with Crippen molar-refractivity contribution < 1.29 is 4.92 Å². The molecule has 0 saturated heterocycles. The molecule has 5 nitrogen and oxygen atoms in total. The van der Waals surface area contributed by atoms with Gasteiger partial charge < -0.3 is 0 Å². The van der Waals surface area contributed by atoms with E-state index < -0.39 is 4.92 Å². The van der Waals surface area contributed by atoms with Crippen molar-refractivity contribution in [1.29, 1.82) is 0 Å². The maximum Gasteiger partial charge on any atom is 0.311 e. The van der Waals surface area contributed by atoms with Gasteiger partial charge in [-0.25, -0.2) is 0 Å². The Morgan fingerprint density at radius 2 is 2.46 bits per heavy atom. The van der Waals surface area contributed by atoms with Crippen molar-refractivity contribution >= 4 is 23.2 Å². The Labute approximate surface area is 80.2 Å². The average Bonchev–Trinajstić information content (AvgIpc) is 2.16. The highest BCUT2D eigenvalue weighted by Crippen LogP contribution is 2.27. The highest BCUT2D eigenvalue weighted by Gasteiger charge is 2.16. The molecule has 13 heavy (non-hydrogen) atoms. The van der Waals surface area contributed by atoms with E-state index in [1.807, 2.05) is 0 Å². The lowest BCUT2D eigenvalue weighted by Crippen LogP contribution is -2.10. The van der Waals surface area contributed by atoms with Crippen molar-refractivity contribution in [3.05, 3.63) is 28.6 Å². The van der Waals surface area contributed by atoms with Crippen LogP contribution in [-0.2, 0) is 0 Å². The van der Waals surface area contributed by atoms with Gasteiger partial charge in [-0.15, -0.1) is 0 Å². The number of pyridine rings is 1. The molecule has 0 N–H and O–H groups in total. The van der Waals surface area contributed by atoms with Crippen molar-refractivity contribution in [3.8, 4) is 0 Å². The van der Waals surface area contributed by atoms with E-state index in [1.165, 1.54) is 22.9 Å². The van der Waals surface area contributed by atoms with E-state index in [2.05, 4.69) is 4.98 Å². The number of halogens is 1. The summed E-state index contributed by atoms with van der Waals surface area (Å²) >= 11 is 5.74. The second kappa shape index (κ2) is 4.04. The predicted octanol–water partition coefficient (Wildman–Crippen LogP) is 1.97. The van der Waals surface area contributed by atoms with Crippen molar-refractivity contribution in [1.82, 2.24) is 4.98 Å². The lowest BCUT2D eigenvalue weighted by Gasteiger charge is -2.11. The zero-order valence-electron chi connectivity index (χ0n) is 6.98. The number of hydrogen-bond donors (Lipinski definition) is 0. The summed E-state index contributed by atoms with van der Waals surface area (Å²) in [6.07, 6.45) is 2.65. The number of aromatic nitrogens is 1. The minimum absolute atomic E-state index is 0.0839. The number of hydrogen-bond acceptors (Lipinski definition) is 4. The summed E-state index contributed by atoms with van der Waals surface area (Å²) in [5.41, 5.74) is 0.281. The van der Waals surface area contributed by atoms with Crippen molar-refractivity contribution in [2.75, 3.05) is 11.0 Å². The molecule has 0 spiro atoms. The van der Waals surface area contributed by atoms with Crippen molar-refractivity contribution in [3.63, 3.8) is 0 Å².